The van der Waals surface area contributed by atoms with Crippen LogP contribution in [-0.4, -0.2) is 20.0 Å². The molecule has 2 N–H and O–H groups in total. The van der Waals surface area contributed by atoms with Crippen molar-refractivity contribution in [1.29, 1.82) is 0 Å². The van der Waals surface area contributed by atoms with E-state index in [0.717, 1.165) is 12.1 Å². The molecule has 1 unspecified atom stereocenters. The summed E-state index contributed by atoms with van der Waals surface area (Å²) in [6, 6.07) is 2.31. The van der Waals surface area contributed by atoms with Gasteiger partial charge in [0.2, 0.25) is 0 Å². The third-order valence-electron chi connectivity index (χ3n) is 2.47. The van der Waals surface area contributed by atoms with Crippen LogP contribution < -0.4 is 5.32 Å². The summed E-state index contributed by atoms with van der Waals surface area (Å²) >= 11 is 0. The molecule has 15 heavy (non-hydrogen) atoms. The third kappa shape index (κ3) is 2.24. The van der Waals surface area contributed by atoms with E-state index in [1.54, 1.807) is 0 Å². The topological polar surface area (TPSA) is 58.5 Å². The second-order valence-electron chi connectivity index (χ2n) is 3.59. The molecular weight excluding hydrogens is 190 g/mol. The number of hydrogen-bond acceptors (Lipinski definition) is 3. The van der Waals surface area contributed by atoms with Gasteiger partial charge in [-0.2, -0.15) is 10.2 Å². The molecule has 0 aliphatic heterocycles. The third-order valence-corrected chi connectivity index (χ3v) is 2.47. The molecule has 0 amide bonds. The van der Waals surface area contributed by atoms with Crippen LogP contribution in [0.25, 0.3) is 0 Å². The number of aromatic amines is 1. The summed E-state index contributed by atoms with van der Waals surface area (Å²) < 4.78 is 1.88. The summed E-state index contributed by atoms with van der Waals surface area (Å²) in [5.74, 6) is 0. The van der Waals surface area contributed by atoms with Gasteiger partial charge in [-0.25, -0.2) is 0 Å². The quantitative estimate of drug-likeness (QED) is 0.782. The van der Waals surface area contributed by atoms with Gasteiger partial charge in [-0.1, -0.05) is 0 Å². The zero-order valence-corrected chi connectivity index (χ0v) is 8.94. The second kappa shape index (κ2) is 4.27. The van der Waals surface area contributed by atoms with Crippen LogP contribution in [0.4, 0.5) is 0 Å². The van der Waals surface area contributed by atoms with Crippen molar-refractivity contribution in [3.63, 3.8) is 0 Å². The van der Waals surface area contributed by atoms with Crippen molar-refractivity contribution < 1.29 is 0 Å². The van der Waals surface area contributed by atoms with E-state index in [-0.39, 0.29) is 6.04 Å². The van der Waals surface area contributed by atoms with Crippen molar-refractivity contribution in [2.45, 2.75) is 19.5 Å². The molecule has 5 nitrogen and oxygen atoms in total. The van der Waals surface area contributed by atoms with Crippen LogP contribution in [0.3, 0.4) is 0 Å². The van der Waals surface area contributed by atoms with Gasteiger partial charge in [0.05, 0.1) is 11.9 Å². The Balaban J connectivity index is 1.93. The Morgan fingerprint density at radius 1 is 1.60 bits per heavy atom. The smallest absolute Gasteiger partial charge is 0.0547 e. The van der Waals surface area contributed by atoms with Gasteiger partial charge in [-0.05, 0) is 13.0 Å². The van der Waals surface area contributed by atoms with Crippen molar-refractivity contribution in [3.05, 3.63) is 35.9 Å². The fourth-order valence-corrected chi connectivity index (χ4v) is 1.56. The molecule has 2 heterocycles. The van der Waals surface area contributed by atoms with Crippen molar-refractivity contribution in [2.24, 2.45) is 7.05 Å². The van der Waals surface area contributed by atoms with Crippen molar-refractivity contribution >= 4 is 0 Å². The van der Waals surface area contributed by atoms with E-state index in [1.165, 1.54) is 5.69 Å². The van der Waals surface area contributed by atoms with E-state index in [2.05, 4.69) is 27.5 Å². The maximum atomic E-state index is 4.14. The number of nitrogens with zero attached hydrogens (tertiary/aromatic N) is 3. The lowest BCUT2D eigenvalue weighted by molar-refractivity contribution is 0.530. The Morgan fingerprint density at radius 3 is 3.07 bits per heavy atom. The molecule has 0 aliphatic carbocycles. The zero-order chi connectivity index (χ0) is 10.7. The first-order chi connectivity index (χ1) is 7.27. The summed E-state index contributed by atoms with van der Waals surface area (Å²) in [4.78, 5) is 0. The Hall–Kier alpha value is -1.62. The van der Waals surface area contributed by atoms with Gasteiger partial charge >= 0.3 is 0 Å². The van der Waals surface area contributed by atoms with Crippen molar-refractivity contribution in [3.8, 4) is 0 Å². The summed E-state index contributed by atoms with van der Waals surface area (Å²) in [7, 11) is 1.95. The van der Waals surface area contributed by atoms with Gasteiger partial charge in [-0.15, -0.1) is 0 Å². The predicted molar refractivity (Wildman–Crippen MR) is 57.1 cm³/mol. The molecule has 0 saturated heterocycles. The van der Waals surface area contributed by atoms with Crippen molar-refractivity contribution in [1.82, 2.24) is 25.3 Å². The van der Waals surface area contributed by atoms with Gasteiger partial charge < -0.3 is 5.32 Å². The molecule has 2 aromatic heterocycles. The summed E-state index contributed by atoms with van der Waals surface area (Å²) in [5.41, 5.74) is 2.34. The van der Waals surface area contributed by atoms with Gasteiger partial charge in [0, 0.05) is 37.6 Å². The maximum Gasteiger partial charge on any atom is 0.0547 e. The van der Waals surface area contributed by atoms with E-state index in [4.69, 9.17) is 0 Å². The van der Waals surface area contributed by atoms with Crippen LogP contribution >= 0.6 is 0 Å². The highest BCUT2D eigenvalue weighted by molar-refractivity contribution is 5.07. The SMILES string of the molecule is CC(NCc1cn[nH]c1)c1ccnn1C. The van der Waals surface area contributed by atoms with Crippen LogP contribution in [0.15, 0.2) is 24.7 Å². The molecule has 0 fully saturated rings. The summed E-state index contributed by atoms with van der Waals surface area (Å²) in [6.45, 7) is 2.93. The van der Waals surface area contributed by atoms with Crippen LogP contribution in [-0.2, 0) is 13.6 Å². The average Bonchev–Trinajstić information content (AvgIpc) is 2.84. The zero-order valence-electron chi connectivity index (χ0n) is 8.94. The summed E-state index contributed by atoms with van der Waals surface area (Å²) in [5, 5.41) is 14.2. The molecule has 80 valence electrons. The first kappa shape index (κ1) is 9.92. The number of rotatable bonds is 4. The molecule has 0 aromatic carbocycles. The lowest BCUT2D eigenvalue weighted by atomic mass is 10.2. The Morgan fingerprint density at radius 2 is 2.47 bits per heavy atom. The highest BCUT2D eigenvalue weighted by Crippen LogP contribution is 2.10. The van der Waals surface area contributed by atoms with E-state index in [1.807, 2.05) is 36.4 Å². The van der Waals surface area contributed by atoms with E-state index >= 15 is 0 Å². The molecule has 2 rings (SSSR count). The largest absolute Gasteiger partial charge is 0.305 e. The minimum Gasteiger partial charge on any atom is -0.305 e. The highest BCUT2D eigenvalue weighted by atomic mass is 15.3. The van der Waals surface area contributed by atoms with Gasteiger partial charge in [0.25, 0.3) is 0 Å². The minimum atomic E-state index is 0.285. The van der Waals surface area contributed by atoms with Gasteiger partial charge in [0.15, 0.2) is 0 Å². The lowest BCUT2D eigenvalue weighted by Gasteiger charge is -2.13. The maximum absolute atomic E-state index is 4.14. The normalized spacial score (nSPS) is 12.9. The number of nitrogens with one attached hydrogen (secondary N) is 2. The number of aryl methyl sites for hydroxylation is 1. The van der Waals surface area contributed by atoms with Crippen LogP contribution in [0.1, 0.15) is 24.2 Å². The Labute approximate surface area is 88.5 Å². The molecule has 0 saturated carbocycles. The minimum absolute atomic E-state index is 0.285. The van der Waals surface area contributed by atoms with Crippen molar-refractivity contribution in [2.75, 3.05) is 0 Å². The highest BCUT2D eigenvalue weighted by Gasteiger charge is 2.08. The van der Waals surface area contributed by atoms with Crippen LogP contribution in [0, 0.1) is 0 Å². The first-order valence-corrected chi connectivity index (χ1v) is 4.96. The lowest BCUT2D eigenvalue weighted by Crippen LogP contribution is -2.20. The number of aromatic nitrogens is 4. The summed E-state index contributed by atoms with van der Waals surface area (Å²) in [6.07, 6.45) is 5.53. The van der Waals surface area contributed by atoms with E-state index in [0.29, 0.717) is 0 Å². The van der Waals surface area contributed by atoms with E-state index < -0.39 is 0 Å². The second-order valence-corrected chi connectivity index (χ2v) is 3.59. The molecule has 0 spiro atoms. The monoisotopic (exact) mass is 205 g/mol. The molecule has 0 radical (unpaired) electrons. The molecule has 1 atom stereocenters. The predicted octanol–water partition coefficient (Wildman–Crippen LogP) is 0.994. The molecular formula is C10H15N5. The molecule has 0 bridgehead atoms. The Bertz CT molecular complexity index is 403. The average molecular weight is 205 g/mol. The van der Waals surface area contributed by atoms with Gasteiger partial charge in [0.1, 0.15) is 0 Å². The number of H-pyrrole nitrogens is 1. The molecule has 0 aliphatic rings. The fourth-order valence-electron chi connectivity index (χ4n) is 1.56. The molecule has 2 aromatic rings. The Kier molecular flexibility index (Phi) is 2.82. The number of hydrogen-bond donors (Lipinski definition) is 2. The first-order valence-electron chi connectivity index (χ1n) is 4.96. The molecule has 5 heteroatoms. The van der Waals surface area contributed by atoms with Gasteiger partial charge in [-0.3, -0.25) is 9.78 Å². The van der Waals surface area contributed by atoms with Crippen LogP contribution in [0.5, 0.6) is 0 Å². The van der Waals surface area contributed by atoms with Crippen LogP contribution in [0.2, 0.25) is 0 Å². The fraction of sp³-hybridized carbons (Fsp3) is 0.400. The standard InChI is InChI=1S/C10H15N5/c1-8(10-3-4-14-15(10)2)11-5-9-6-12-13-7-9/h3-4,6-8,11H,5H2,1-2H3,(H,12,13). The van der Waals surface area contributed by atoms with E-state index in [9.17, 15) is 0 Å².